The summed E-state index contributed by atoms with van der Waals surface area (Å²) in [6.07, 6.45) is 3.46. The zero-order valence-corrected chi connectivity index (χ0v) is 12.3. The van der Waals surface area contributed by atoms with Crippen molar-refractivity contribution in [2.45, 2.75) is 0 Å². The molecule has 0 saturated carbocycles. The second-order valence-corrected chi connectivity index (χ2v) is 5.57. The predicted molar refractivity (Wildman–Crippen MR) is 81.2 cm³/mol. The molecule has 3 heterocycles. The highest BCUT2D eigenvalue weighted by Gasteiger charge is 2.15. The highest BCUT2D eigenvalue weighted by molar-refractivity contribution is 7.14. The van der Waals surface area contributed by atoms with Crippen LogP contribution < -0.4 is 5.32 Å². The Bertz CT molecular complexity index is 596. The maximum Gasteiger partial charge on any atom is 0.240 e. The van der Waals surface area contributed by atoms with Crippen molar-refractivity contribution in [1.82, 2.24) is 14.9 Å². The van der Waals surface area contributed by atoms with Crippen LogP contribution in [0.15, 0.2) is 29.9 Å². The van der Waals surface area contributed by atoms with E-state index in [1.54, 1.807) is 12.4 Å². The van der Waals surface area contributed by atoms with E-state index in [2.05, 4.69) is 20.2 Å². The number of anilines is 1. The highest BCUT2D eigenvalue weighted by atomic mass is 32.1. The van der Waals surface area contributed by atoms with Gasteiger partial charge in [0.05, 0.1) is 25.5 Å². The van der Waals surface area contributed by atoms with Crippen LogP contribution in [0.3, 0.4) is 0 Å². The molecule has 110 valence electrons. The minimum Gasteiger partial charge on any atom is -0.379 e. The van der Waals surface area contributed by atoms with Crippen LogP contribution in [0.1, 0.15) is 0 Å². The number of pyridine rings is 1. The fourth-order valence-corrected chi connectivity index (χ4v) is 2.84. The Balaban J connectivity index is 1.58. The maximum absolute atomic E-state index is 12.0. The lowest BCUT2D eigenvalue weighted by molar-refractivity contribution is -0.118. The van der Waals surface area contributed by atoms with Crippen LogP contribution in [0.25, 0.3) is 11.3 Å². The Morgan fingerprint density at radius 3 is 2.86 bits per heavy atom. The summed E-state index contributed by atoms with van der Waals surface area (Å²) in [4.78, 5) is 22.5. The molecule has 0 atom stereocenters. The van der Waals surface area contributed by atoms with Crippen molar-refractivity contribution in [2.75, 3.05) is 38.2 Å². The summed E-state index contributed by atoms with van der Waals surface area (Å²) in [5.74, 6) is -0.0347. The van der Waals surface area contributed by atoms with Gasteiger partial charge in [-0.2, -0.15) is 0 Å². The van der Waals surface area contributed by atoms with E-state index in [0.29, 0.717) is 24.9 Å². The quantitative estimate of drug-likeness (QED) is 0.926. The molecule has 0 radical (unpaired) electrons. The maximum atomic E-state index is 12.0. The summed E-state index contributed by atoms with van der Waals surface area (Å²) in [5.41, 5.74) is 1.85. The lowest BCUT2D eigenvalue weighted by Gasteiger charge is -2.25. The van der Waals surface area contributed by atoms with Gasteiger partial charge in [-0.15, -0.1) is 11.3 Å². The third-order valence-electron chi connectivity index (χ3n) is 3.20. The molecule has 2 aromatic rings. The molecule has 0 bridgehead atoms. The van der Waals surface area contributed by atoms with E-state index in [4.69, 9.17) is 4.74 Å². The Morgan fingerprint density at radius 2 is 2.10 bits per heavy atom. The average molecular weight is 304 g/mol. The van der Waals surface area contributed by atoms with E-state index in [0.717, 1.165) is 24.3 Å². The largest absolute Gasteiger partial charge is 0.379 e. The number of hydrogen-bond donors (Lipinski definition) is 1. The molecule has 21 heavy (non-hydrogen) atoms. The van der Waals surface area contributed by atoms with Gasteiger partial charge < -0.3 is 10.1 Å². The number of amides is 1. The van der Waals surface area contributed by atoms with Crippen LogP contribution in [0.5, 0.6) is 0 Å². The standard InChI is InChI=1S/C14H16N4O2S/c19-13(9-18-5-7-20-8-6-18)17-14-16-12(10-21-14)11-1-3-15-4-2-11/h1-4,10H,5-9H2,(H,16,17,19). The third-order valence-corrected chi connectivity index (χ3v) is 3.96. The first-order valence-corrected chi connectivity index (χ1v) is 7.65. The van der Waals surface area contributed by atoms with E-state index in [1.807, 2.05) is 17.5 Å². The van der Waals surface area contributed by atoms with Crippen LogP contribution in [0, 0.1) is 0 Å². The van der Waals surface area contributed by atoms with Gasteiger partial charge in [-0.25, -0.2) is 4.98 Å². The van der Waals surface area contributed by atoms with Gasteiger partial charge in [-0.05, 0) is 12.1 Å². The number of hydrogen-bond acceptors (Lipinski definition) is 6. The second kappa shape index (κ2) is 6.75. The summed E-state index contributed by atoms with van der Waals surface area (Å²) in [7, 11) is 0. The highest BCUT2D eigenvalue weighted by Crippen LogP contribution is 2.24. The first-order valence-electron chi connectivity index (χ1n) is 6.77. The Hall–Kier alpha value is -1.83. The van der Waals surface area contributed by atoms with Crippen molar-refractivity contribution in [3.8, 4) is 11.3 Å². The number of nitrogens with one attached hydrogen (secondary N) is 1. The van der Waals surface area contributed by atoms with Crippen molar-refractivity contribution in [3.63, 3.8) is 0 Å². The van der Waals surface area contributed by atoms with Crippen LogP contribution >= 0.6 is 11.3 Å². The molecule has 1 saturated heterocycles. The topological polar surface area (TPSA) is 67.3 Å². The van der Waals surface area contributed by atoms with Crippen molar-refractivity contribution < 1.29 is 9.53 Å². The number of carbonyl (C=O) groups is 1. The summed E-state index contributed by atoms with van der Waals surface area (Å²) >= 11 is 1.43. The molecule has 1 N–H and O–H groups in total. The van der Waals surface area contributed by atoms with Gasteiger partial charge in [0.25, 0.3) is 0 Å². The van der Waals surface area contributed by atoms with E-state index in [-0.39, 0.29) is 5.91 Å². The van der Waals surface area contributed by atoms with Gasteiger partial charge >= 0.3 is 0 Å². The molecule has 0 aromatic carbocycles. The van der Waals surface area contributed by atoms with Crippen molar-refractivity contribution in [2.24, 2.45) is 0 Å². The van der Waals surface area contributed by atoms with Crippen molar-refractivity contribution in [1.29, 1.82) is 0 Å². The minimum absolute atomic E-state index is 0.0347. The first kappa shape index (κ1) is 14.1. The molecular formula is C14H16N4O2S. The molecule has 0 aliphatic carbocycles. The van der Waals surface area contributed by atoms with E-state index in [1.165, 1.54) is 11.3 Å². The fourth-order valence-electron chi connectivity index (χ4n) is 2.11. The molecule has 2 aromatic heterocycles. The Labute approximate surface area is 126 Å². The number of thiazole rings is 1. The van der Waals surface area contributed by atoms with Gasteiger partial charge in [0, 0.05) is 36.4 Å². The summed E-state index contributed by atoms with van der Waals surface area (Å²) in [6.45, 7) is 3.36. The Kier molecular flexibility index (Phi) is 4.54. The van der Waals surface area contributed by atoms with Gasteiger partial charge in [0.15, 0.2) is 5.13 Å². The summed E-state index contributed by atoms with van der Waals surface area (Å²) < 4.78 is 5.26. The molecule has 1 amide bonds. The number of carbonyl (C=O) groups excluding carboxylic acids is 1. The van der Waals surface area contributed by atoms with Gasteiger partial charge in [-0.1, -0.05) is 0 Å². The first-order chi connectivity index (χ1) is 10.3. The van der Waals surface area contributed by atoms with Crippen LogP contribution in [-0.4, -0.2) is 53.6 Å². The number of morpholine rings is 1. The number of ether oxygens (including phenoxy) is 1. The van der Waals surface area contributed by atoms with Crippen LogP contribution in [0.4, 0.5) is 5.13 Å². The monoisotopic (exact) mass is 304 g/mol. The third kappa shape index (κ3) is 3.84. The normalized spacial score (nSPS) is 15.8. The molecule has 1 aliphatic rings. The zero-order chi connectivity index (χ0) is 14.5. The van der Waals surface area contributed by atoms with Gasteiger partial charge in [0.2, 0.25) is 5.91 Å². The van der Waals surface area contributed by atoms with Crippen LogP contribution in [0.2, 0.25) is 0 Å². The number of rotatable bonds is 4. The molecule has 7 heteroatoms. The minimum atomic E-state index is -0.0347. The fraction of sp³-hybridized carbons (Fsp3) is 0.357. The second-order valence-electron chi connectivity index (χ2n) is 4.71. The predicted octanol–water partition coefficient (Wildman–Crippen LogP) is 1.48. The zero-order valence-electron chi connectivity index (χ0n) is 11.5. The SMILES string of the molecule is O=C(CN1CCOCC1)Nc1nc(-c2ccncc2)cs1. The number of aromatic nitrogens is 2. The molecule has 6 nitrogen and oxygen atoms in total. The summed E-state index contributed by atoms with van der Waals surface area (Å²) in [6, 6.07) is 3.79. The van der Waals surface area contributed by atoms with E-state index >= 15 is 0 Å². The van der Waals surface area contributed by atoms with E-state index in [9.17, 15) is 4.79 Å². The van der Waals surface area contributed by atoms with Gasteiger partial charge in [-0.3, -0.25) is 14.7 Å². The summed E-state index contributed by atoms with van der Waals surface area (Å²) in [5, 5.41) is 5.41. The molecule has 1 aliphatic heterocycles. The lowest BCUT2D eigenvalue weighted by atomic mass is 10.2. The molecule has 0 unspecified atom stereocenters. The molecular weight excluding hydrogens is 288 g/mol. The molecule has 0 spiro atoms. The smallest absolute Gasteiger partial charge is 0.240 e. The molecule has 1 fully saturated rings. The average Bonchev–Trinajstić information content (AvgIpc) is 2.97. The lowest BCUT2D eigenvalue weighted by Crippen LogP contribution is -2.41. The van der Waals surface area contributed by atoms with Crippen molar-refractivity contribution in [3.05, 3.63) is 29.9 Å². The van der Waals surface area contributed by atoms with Crippen molar-refractivity contribution >= 4 is 22.4 Å². The van der Waals surface area contributed by atoms with Gasteiger partial charge in [0.1, 0.15) is 0 Å². The van der Waals surface area contributed by atoms with E-state index < -0.39 is 0 Å². The van der Waals surface area contributed by atoms with Crippen LogP contribution in [-0.2, 0) is 9.53 Å². The Morgan fingerprint density at radius 1 is 1.33 bits per heavy atom. The number of nitrogens with zero attached hydrogens (tertiary/aromatic N) is 3. The molecule has 3 rings (SSSR count).